The molecule has 1 N–H and O–H groups in total. The molecule has 0 aliphatic rings. The van der Waals surface area contributed by atoms with Crippen molar-refractivity contribution in [2.45, 2.75) is 52.5 Å². The molecule has 0 saturated heterocycles. The smallest absolute Gasteiger partial charge is 0.110 e. The molecule has 1 aromatic rings. The molecule has 0 bridgehead atoms. The first-order valence-electron chi connectivity index (χ1n) is 5.86. The predicted molar refractivity (Wildman–Crippen MR) is 67.6 cm³/mol. The van der Waals surface area contributed by atoms with E-state index in [-0.39, 0.29) is 0 Å². The summed E-state index contributed by atoms with van der Waals surface area (Å²) in [6, 6.07) is 0.453. The van der Waals surface area contributed by atoms with Gasteiger partial charge in [-0.3, -0.25) is 0 Å². The lowest BCUT2D eigenvalue weighted by Crippen LogP contribution is -2.16. The van der Waals surface area contributed by atoms with Crippen LogP contribution in [0.15, 0.2) is 0 Å². The molecule has 1 heterocycles. The lowest BCUT2D eigenvalue weighted by molar-refractivity contribution is 0.519. The van der Waals surface area contributed by atoms with Crippen LogP contribution >= 0.6 is 11.3 Å². The van der Waals surface area contributed by atoms with Crippen LogP contribution in [0.4, 0.5) is 0 Å². The lowest BCUT2D eigenvalue weighted by atomic mass is 10.1. The Labute approximate surface area is 97.1 Å². The molecule has 0 saturated carbocycles. The number of thiazole rings is 1. The summed E-state index contributed by atoms with van der Waals surface area (Å²) in [5.74, 6) is 0. The van der Waals surface area contributed by atoms with Crippen molar-refractivity contribution in [1.82, 2.24) is 10.3 Å². The zero-order valence-corrected chi connectivity index (χ0v) is 11.1. The molecule has 0 aliphatic carbocycles. The fourth-order valence-corrected chi connectivity index (χ4v) is 2.88. The quantitative estimate of drug-likeness (QED) is 0.803. The molecule has 0 aromatic carbocycles. The maximum absolute atomic E-state index is 4.71. The second kappa shape index (κ2) is 6.23. The van der Waals surface area contributed by atoms with Crippen LogP contribution < -0.4 is 5.32 Å². The molecule has 1 atom stereocenters. The normalized spacial score (nSPS) is 13.1. The number of unbranched alkanes of at least 4 members (excludes halogenated alkanes) is 1. The molecule has 1 rings (SSSR count). The van der Waals surface area contributed by atoms with E-state index in [1.165, 1.54) is 34.8 Å². The van der Waals surface area contributed by atoms with E-state index in [9.17, 15) is 0 Å². The minimum absolute atomic E-state index is 0.453. The molecule has 0 spiro atoms. The fraction of sp³-hybridized carbons (Fsp3) is 0.750. The number of hydrogen-bond acceptors (Lipinski definition) is 3. The van der Waals surface area contributed by atoms with Gasteiger partial charge in [-0.25, -0.2) is 4.98 Å². The van der Waals surface area contributed by atoms with Crippen LogP contribution in [0.25, 0.3) is 0 Å². The van der Waals surface area contributed by atoms with Gasteiger partial charge < -0.3 is 5.32 Å². The van der Waals surface area contributed by atoms with Crippen molar-refractivity contribution in [2.24, 2.45) is 0 Å². The van der Waals surface area contributed by atoms with Crippen molar-refractivity contribution in [3.8, 4) is 0 Å². The van der Waals surface area contributed by atoms with E-state index in [0.29, 0.717) is 6.04 Å². The number of nitrogens with zero attached hydrogens (tertiary/aromatic N) is 1. The molecule has 3 heteroatoms. The van der Waals surface area contributed by atoms with Gasteiger partial charge in [0, 0.05) is 4.88 Å². The molecule has 0 radical (unpaired) electrons. The van der Waals surface area contributed by atoms with E-state index in [1.54, 1.807) is 0 Å². The summed E-state index contributed by atoms with van der Waals surface area (Å²) in [6.45, 7) is 6.58. The average Bonchev–Trinajstić information content (AvgIpc) is 2.61. The zero-order chi connectivity index (χ0) is 11.3. The first-order chi connectivity index (χ1) is 7.22. The molecule has 1 aromatic heterocycles. The van der Waals surface area contributed by atoms with Crippen molar-refractivity contribution in [2.75, 3.05) is 7.05 Å². The first kappa shape index (κ1) is 12.7. The SMILES string of the molecule is CCCCC(NC)c1nc(CC)c(C)s1. The highest BCUT2D eigenvalue weighted by Crippen LogP contribution is 2.26. The topological polar surface area (TPSA) is 24.9 Å². The van der Waals surface area contributed by atoms with Gasteiger partial charge in [-0.1, -0.05) is 26.7 Å². The van der Waals surface area contributed by atoms with Gasteiger partial charge in [0.15, 0.2) is 0 Å². The van der Waals surface area contributed by atoms with Crippen LogP contribution in [-0.2, 0) is 6.42 Å². The molecule has 86 valence electrons. The Bertz CT molecular complexity index is 294. The van der Waals surface area contributed by atoms with E-state index in [1.807, 2.05) is 18.4 Å². The highest BCUT2D eigenvalue weighted by molar-refractivity contribution is 7.11. The first-order valence-corrected chi connectivity index (χ1v) is 6.68. The minimum atomic E-state index is 0.453. The molecule has 2 nitrogen and oxygen atoms in total. The monoisotopic (exact) mass is 226 g/mol. The van der Waals surface area contributed by atoms with Crippen molar-refractivity contribution >= 4 is 11.3 Å². The van der Waals surface area contributed by atoms with Crippen LogP contribution in [0.5, 0.6) is 0 Å². The fourth-order valence-electron chi connectivity index (χ4n) is 1.73. The van der Waals surface area contributed by atoms with Gasteiger partial charge in [0.1, 0.15) is 5.01 Å². The second-order valence-electron chi connectivity index (χ2n) is 3.89. The van der Waals surface area contributed by atoms with Crippen molar-refractivity contribution in [3.63, 3.8) is 0 Å². The summed E-state index contributed by atoms with van der Waals surface area (Å²) >= 11 is 1.85. The number of aromatic nitrogens is 1. The molecular weight excluding hydrogens is 204 g/mol. The predicted octanol–water partition coefficient (Wildman–Crippen LogP) is 3.46. The van der Waals surface area contributed by atoms with Gasteiger partial charge in [-0.2, -0.15) is 0 Å². The van der Waals surface area contributed by atoms with Gasteiger partial charge in [0.25, 0.3) is 0 Å². The van der Waals surface area contributed by atoms with E-state index < -0.39 is 0 Å². The number of nitrogens with one attached hydrogen (secondary N) is 1. The Morgan fingerprint density at radius 2 is 2.13 bits per heavy atom. The Kier molecular flexibility index (Phi) is 5.26. The zero-order valence-electron chi connectivity index (χ0n) is 10.3. The van der Waals surface area contributed by atoms with E-state index in [2.05, 4.69) is 26.1 Å². The summed E-state index contributed by atoms with van der Waals surface area (Å²) in [7, 11) is 2.03. The molecular formula is C12H22N2S. The van der Waals surface area contributed by atoms with Crippen molar-refractivity contribution in [3.05, 3.63) is 15.6 Å². The Hall–Kier alpha value is -0.410. The Balaban J connectivity index is 2.73. The largest absolute Gasteiger partial charge is 0.311 e. The van der Waals surface area contributed by atoms with E-state index in [0.717, 1.165) is 6.42 Å². The van der Waals surface area contributed by atoms with E-state index in [4.69, 9.17) is 4.98 Å². The molecule has 1 unspecified atom stereocenters. The number of hydrogen-bond donors (Lipinski definition) is 1. The van der Waals surface area contributed by atoms with Gasteiger partial charge >= 0.3 is 0 Å². The molecule has 0 amide bonds. The molecule has 15 heavy (non-hydrogen) atoms. The van der Waals surface area contributed by atoms with Crippen LogP contribution in [0.2, 0.25) is 0 Å². The van der Waals surface area contributed by atoms with Gasteiger partial charge in [-0.15, -0.1) is 11.3 Å². The van der Waals surface area contributed by atoms with Gasteiger partial charge in [0.2, 0.25) is 0 Å². The lowest BCUT2D eigenvalue weighted by Gasteiger charge is -2.12. The number of rotatable bonds is 6. The minimum Gasteiger partial charge on any atom is -0.311 e. The molecule has 0 aliphatic heterocycles. The Morgan fingerprint density at radius 1 is 1.40 bits per heavy atom. The highest BCUT2D eigenvalue weighted by atomic mass is 32.1. The Morgan fingerprint density at radius 3 is 2.60 bits per heavy atom. The third-order valence-electron chi connectivity index (χ3n) is 2.74. The summed E-state index contributed by atoms with van der Waals surface area (Å²) in [5, 5.41) is 4.63. The maximum atomic E-state index is 4.71. The van der Waals surface area contributed by atoms with Crippen LogP contribution in [0.1, 0.15) is 54.7 Å². The third kappa shape index (κ3) is 3.28. The standard InChI is InChI=1S/C12H22N2S/c1-5-7-8-11(13-4)12-14-10(6-2)9(3)15-12/h11,13H,5-8H2,1-4H3. The van der Waals surface area contributed by atoms with Crippen LogP contribution in [0, 0.1) is 6.92 Å². The van der Waals surface area contributed by atoms with Crippen LogP contribution in [0.3, 0.4) is 0 Å². The summed E-state index contributed by atoms with van der Waals surface area (Å²) < 4.78 is 0. The maximum Gasteiger partial charge on any atom is 0.110 e. The summed E-state index contributed by atoms with van der Waals surface area (Å²) in [5.41, 5.74) is 1.27. The average molecular weight is 226 g/mol. The second-order valence-corrected chi connectivity index (χ2v) is 5.13. The molecule has 0 fully saturated rings. The summed E-state index contributed by atoms with van der Waals surface area (Å²) in [6.07, 6.45) is 4.77. The van der Waals surface area contributed by atoms with Crippen molar-refractivity contribution < 1.29 is 0 Å². The third-order valence-corrected chi connectivity index (χ3v) is 3.86. The number of aryl methyl sites for hydroxylation is 2. The van der Waals surface area contributed by atoms with Gasteiger partial charge in [-0.05, 0) is 26.8 Å². The highest BCUT2D eigenvalue weighted by Gasteiger charge is 2.14. The van der Waals surface area contributed by atoms with E-state index >= 15 is 0 Å². The summed E-state index contributed by atoms with van der Waals surface area (Å²) in [4.78, 5) is 6.09. The van der Waals surface area contributed by atoms with Crippen LogP contribution in [-0.4, -0.2) is 12.0 Å². The van der Waals surface area contributed by atoms with Crippen molar-refractivity contribution in [1.29, 1.82) is 0 Å². The van der Waals surface area contributed by atoms with Gasteiger partial charge in [0.05, 0.1) is 11.7 Å².